The van der Waals surface area contributed by atoms with Gasteiger partial charge in [-0.3, -0.25) is 14.1 Å². The maximum atomic E-state index is 14.6. The van der Waals surface area contributed by atoms with E-state index < -0.39 is 44.2 Å². The van der Waals surface area contributed by atoms with Crippen LogP contribution in [0.4, 0.5) is 20.3 Å². The quantitative estimate of drug-likeness (QED) is 0.292. The van der Waals surface area contributed by atoms with Crippen LogP contribution in [0.1, 0.15) is 34.5 Å². The van der Waals surface area contributed by atoms with Crippen molar-refractivity contribution in [2.45, 2.75) is 24.8 Å². The fourth-order valence-electron chi connectivity index (χ4n) is 3.31. The minimum atomic E-state index is -4.50. The van der Waals surface area contributed by atoms with Crippen molar-refractivity contribution in [2.75, 3.05) is 10.6 Å². The Morgan fingerprint density at radius 2 is 2.00 bits per heavy atom. The average molecular weight is 504 g/mol. The molecule has 11 nitrogen and oxygen atoms in total. The Bertz CT molecular complexity index is 1630. The lowest BCUT2D eigenvalue weighted by Crippen LogP contribution is -2.21. The maximum absolute atomic E-state index is 14.6. The summed E-state index contributed by atoms with van der Waals surface area (Å²) >= 11 is 0. The number of aryl methyl sites for hydroxylation is 1. The number of carbonyl (C=O) groups is 1. The minimum Gasteiger partial charge on any atom is -0.361 e. The molecule has 0 aliphatic carbocycles. The van der Waals surface area contributed by atoms with E-state index in [1.54, 1.807) is 6.92 Å². The number of hydrogen-bond acceptors (Lipinski definition) is 7. The zero-order valence-corrected chi connectivity index (χ0v) is 19.0. The molecule has 0 radical (unpaired) electrons. The molecule has 3 aromatic heterocycles. The van der Waals surface area contributed by atoms with E-state index >= 15 is 0 Å². The third kappa shape index (κ3) is 4.88. The molecule has 1 atom stereocenters. The van der Waals surface area contributed by atoms with Gasteiger partial charge in [0.25, 0.3) is 21.6 Å². The summed E-state index contributed by atoms with van der Waals surface area (Å²) in [6.07, 6.45) is 3.01. The number of hydrogen-bond donors (Lipinski definition) is 4. The van der Waals surface area contributed by atoms with E-state index in [-0.39, 0.29) is 28.3 Å². The van der Waals surface area contributed by atoms with Gasteiger partial charge in [-0.25, -0.2) is 18.3 Å². The van der Waals surface area contributed by atoms with E-state index in [0.717, 1.165) is 35.2 Å². The van der Waals surface area contributed by atoms with Crippen LogP contribution in [0.2, 0.25) is 0 Å². The highest BCUT2D eigenvalue weighted by Crippen LogP contribution is 2.23. The van der Waals surface area contributed by atoms with Crippen LogP contribution in [0.3, 0.4) is 0 Å². The van der Waals surface area contributed by atoms with Gasteiger partial charge in [-0.05, 0) is 37.6 Å². The first-order valence-corrected chi connectivity index (χ1v) is 11.5. The van der Waals surface area contributed by atoms with Crippen molar-refractivity contribution < 1.29 is 26.5 Å². The second-order valence-corrected chi connectivity index (χ2v) is 9.06. The summed E-state index contributed by atoms with van der Waals surface area (Å²) in [6.45, 7) is 3.12. The van der Waals surface area contributed by atoms with Gasteiger partial charge in [0.2, 0.25) is 0 Å². The first-order chi connectivity index (χ1) is 16.4. The number of aromatic amines is 1. The Kier molecular flexibility index (Phi) is 6.08. The van der Waals surface area contributed by atoms with Gasteiger partial charge in [0.05, 0.1) is 23.3 Å². The maximum Gasteiger partial charge on any atom is 0.294 e. The number of anilines is 2. The average Bonchev–Trinajstić information content (AvgIpc) is 3.18. The molecule has 1 aromatic carbocycles. The zero-order valence-electron chi connectivity index (χ0n) is 18.2. The van der Waals surface area contributed by atoms with Crippen LogP contribution in [0.15, 0.2) is 52.5 Å². The summed E-state index contributed by atoms with van der Waals surface area (Å²) in [5.41, 5.74) is -0.0514. The Morgan fingerprint density at radius 3 is 2.71 bits per heavy atom. The smallest absolute Gasteiger partial charge is 0.294 e. The highest BCUT2D eigenvalue weighted by Gasteiger charge is 2.20. The summed E-state index contributed by atoms with van der Waals surface area (Å²) in [4.78, 5) is 30.8. The number of benzene rings is 1. The van der Waals surface area contributed by atoms with Gasteiger partial charge in [0, 0.05) is 17.4 Å². The minimum absolute atomic E-state index is 0.00624. The van der Waals surface area contributed by atoms with E-state index in [9.17, 15) is 31.3 Å². The van der Waals surface area contributed by atoms with Crippen molar-refractivity contribution in [3.05, 3.63) is 81.5 Å². The van der Waals surface area contributed by atoms with Crippen LogP contribution in [-0.4, -0.2) is 38.5 Å². The number of halogens is 2. The van der Waals surface area contributed by atoms with Gasteiger partial charge in [0.1, 0.15) is 11.4 Å². The Hall–Kier alpha value is -4.17. The molecule has 0 aliphatic rings. The molecule has 3 heterocycles. The molecule has 0 bridgehead atoms. The molecule has 182 valence electrons. The highest BCUT2D eigenvalue weighted by molar-refractivity contribution is 7.85. The predicted octanol–water partition coefficient (Wildman–Crippen LogP) is 2.68. The normalized spacial score (nSPS) is 12.5. The second-order valence-electron chi connectivity index (χ2n) is 7.64. The van der Waals surface area contributed by atoms with Gasteiger partial charge < -0.3 is 15.6 Å². The SMILES string of the molecule is Cc1ccc(S(=O)(=O)O)cc1NC(=O)c1cnn2cc(F)c(N[C@H](C)c3cc(F)c[nH]c3=O)nc12. The fraction of sp³-hybridized carbons (Fsp3) is 0.143. The van der Waals surface area contributed by atoms with E-state index in [0.29, 0.717) is 5.56 Å². The van der Waals surface area contributed by atoms with Crippen LogP contribution in [0.25, 0.3) is 5.65 Å². The van der Waals surface area contributed by atoms with Crippen molar-refractivity contribution in [2.24, 2.45) is 0 Å². The molecule has 0 fully saturated rings. The number of H-pyrrole nitrogens is 1. The number of fused-ring (bicyclic) bond motifs is 1. The molecule has 0 saturated carbocycles. The number of carbonyl (C=O) groups excluding carboxylic acids is 1. The van der Waals surface area contributed by atoms with Gasteiger partial charge in [0.15, 0.2) is 17.3 Å². The van der Waals surface area contributed by atoms with Crippen LogP contribution in [0, 0.1) is 18.6 Å². The van der Waals surface area contributed by atoms with Crippen molar-refractivity contribution in [1.29, 1.82) is 0 Å². The van der Waals surface area contributed by atoms with Crippen LogP contribution in [0.5, 0.6) is 0 Å². The fourth-order valence-corrected chi connectivity index (χ4v) is 3.82. The van der Waals surface area contributed by atoms with E-state index in [4.69, 9.17) is 0 Å². The third-order valence-electron chi connectivity index (χ3n) is 5.16. The number of nitrogens with zero attached hydrogens (tertiary/aromatic N) is 3. The summed E-state index contributed by atoms with van der Waals surface area (Å²) in [5.74, 6) is -2.56. The number of amides is 1. The molecule has 14 heteroatoms. The standard InChI is InChI=1S/C21H18F2N6O5S/c1-10-3-4-13(35(32,33)34)6-17(10)27-21(31)15-8-25-29-9-16(23)18(28-19(15)29)26-11(2)14-5-12(22)7-24-20(14)30/h3-9,11H,1-2H3,(H,24,30)(H,26,28)(H,27,31)(H,32,33,34)/t11-/m1/s1. The van der Waals surface area contributed by atoms with Gasteiger partial charge in [-0.1, -0.05) is 6.07 Å². The molecule has 0 aliphatic heterocycles. The largest absolute Gasteiger partial charge is 0.361 e. The Morgan fingerprint density at radius 1 is 1.26 bits per heavy atom. The summed E-state index contributed by atoms with van der Waals surface area (Å²) < 4.78 is 61.3. The monoisotopic (exact) mass is 504 g/mol. The molecule has 0 spiro atoms. The number of aromatic nitrogens is 4. The van der Waals surface area contributed by atoms with Crippen molar-refractivity contribution in [3.63, 3.8) is 0 Å². The highest BCUT2D eigenvalue weighted by atomic mass is 32.2. The summed E-state index contributed by atoms with van der Waals surface area (Å²) in [7, 11) is -4.50. The summed E-state index contributed by atoms with van der Waals surface area (Å²) in [5, 5.41) is 9.12. The lowest BCUT2D eigenvalue weighted by molar-refractivity contribution is 0.102. The molecule has 35 heavy (non-hydrogen) atoms. The molecule has 4 aromatic rings. The number of nitrogens with one attached hydrogen (secondary N) is 3. The number of pyridine rings is 1. The second kappa shape index (κ2) is 8.88. The molecular formula is C21H18F2N6O5S. The first kappa shape index (κ1) is 24.0. The lowest BCUT2D eigenvalue weighted by atomic mass is 10.1. The van der Waals surface area contributed by atoms with E-state index in [1.807, 2.05) is 0 Å². The van der Waals surface area contributed by atoms with Gasteiger partial charge in [-0.15, -0.1) is 0 Å². The molecule has 4 N–H and O–H groups in total. The molecule has 0 saturated heterocycles. The molecule has 1 amide bonds. The van der Waals surface area contributed by atoms with E-state index in [1.165, 1.54) is 19.1 Å². The summed E-state index contributed by atoms with van der Waals surface area (Å²) in [6, 6.07) is 3.84. The van der Waals surface area contributed by atoms with Gasteiger partial charge >= 0.3 is 0 Å². The first-order valence-electron chi connectivity index (χ1n) is 10.0. The molecular weight excluding hydrogens is 486 g/mol. The van der Waals surface area contributed by atoms with Crippen LogP contribution >= 0.6 is 0 Å². The van der Waals surface area contributed by atoms with Gasteiger partial charge in [-0.2, -0.15) is 13.5 Å². The van der Waals surface area contributed by atoms with Crippen molar-refractivity contribution in [3.8, 4) is 0 Å². The molecule has 0 unspecified atom stereocenters. The zero-order chi connectivity index (χ0) is 25.5. The Labute approximate surface area is 196 Å². The van der Waals surface area contributed by atoms with E-state index in [2.05, 4.69) is 25.7 Å². The molecule has 4 rings (SSSR count). The topological polar surface area (TPSA) is 159 Å². The lowest BCUT2D eigenvalue weighted by Gasteiger charge is -2.15. The predicted molar refractivity (Wildman–Crippen MR) is 121 cm³/mol. The van der Waals surface area contributed by atoms with Crippen LogP contribution < -0.4 is 16.2 Å². The third-order valence-corrected chi connectivity index (χ3v) is 6.01. The van der Waals surface area contributed by atoms with Crippen molar-refractivity contribution in [1.82, 2.24) is 19.6 Å². The van der Waals surface area contributed by atoms with Crippen LogP contribution in [-0.2, 0) is 10.1 Å². The van der Waals surface area contributed by atoms with Crippen molar-refractivity contribution >= 4 is 33.2 Å². The number of rotatable bonds is 6. The Balaban J connectivity index is 1.66.